The number of hydrogen-bond donors (Lipinski definition) is 0. The second-order valence-electron chi connectivity index (χ2n) is 10.8. The van der Waals surface area contributed by atoms with Crippen molar-refractivity contribution in [3.63, 3.8) is 0 Å². The number of hydrogen-bond acceptors (Lipinski definition) is 0. The van der Waals surface area contributed by atoms with E-state index in [1.807, 2.05) is 6.07 Å². The molecule has 35 heavy (non-hydrogen) atoms. The van der Waals surface area contributed by atoms with Crippen molar-refractivity contribution in [1.29, 1.82) is 0 Å². The fourth-order valence-electron chi connectivity index (χ4n) is 4.18. The Morgan fingerprint density at radius 2 is 1.17 bits per heavy atom. The SMILES string of the molecule is CC(C)(C)c1ccc2c(c1)[cH-]c1cc(C(C)(C)C)ccc12.[C-]1=CC(c2ccccc2)=CC1.[Cl-].[Cl-].[Zr+4]. The molecule has 0 bridgehead atoms. The standard InChI is InChI=1S/C21H25.C11H9.2ClH.Zr/c1-20(2,3)16-7-9-18-14(12-16)11-15-13-17(21(4,5)6)8-10-19(15)18;1-2-6-10(7-3-1)11-8-4-5-9-11;;;/h7-13H,1-6H3;1-3,6-9H,4H2;2*1H;/q2*-1;;;+4/p-2. The second-order valence-corrected chi connectivity index (χ2v) is 10.8. The van der Waals surface area contributed by atoms with Crippen LogP contribution < -0.4 is 24.8 Å². The van der Waals surface area contributed by atoms with Gasteiger partial charge >= 0.3 is 26.2 Å². The minimum absolute atomic E-state index is 0. The Balaban J connectivity index is 0.000000375. The Kier molecular flexibility index (Phi) is 11.4. The molecule has 0 spiro atoms. The molecule has 0 fully saturated rings. The molecule has 3 heteroatoms. The van der Waals surface area contributed by atoms with E-state index in [-0.39, 0.29) is 61.8 Å². The number of allylic oxidation sites excluding steroid dienone is 4. The first-order valence-electron chi connectivity index (χ1n) is 11.6. The summed E-state index contributed by atoms with van der Waals surface area (Å²) in [5, 5.41) is 5.48. The Labute approximate surface area is 243 Å². The van der Waals surface area contributed by atoms with Gasteiger partial charge in [0.25, 0.3) is 0 Å². The molecule has 0 aromatic heterocycles. The van der Waals surface area contributed by atoms with Gasteiger partial charge in [-0.15, -0.1) is 51.7 Å². The van der Waals surface area contributed by atoms with Crippen molar-refractivity contribution in [2.45, 2.75) is 58.8 Å². The molecule has 180 valence electrons. The summed E-state index contributed by atoms with van der Waals surface area (Å²) in [6.45, 7) is 13.6. The first kappa shape index (κ1) is 31.5. The molecule has 1 aliphatic carbocycles. The van der Waals surface area contributed by atoms with Gasteiger partial charge < -0.3 is 24.8 Å². The van der Waals surface area contributed by atoms with Crippen molar-refractivity contribution >= 4 is 27.1 Å². The number of fused-ring (bicyclic) bond motifs is 3. The van der Waals surface area contributed by atoms with Gasteiger partial charge in [0, 0.05) is 0 Å². The molecule has 0 heterocycles. The monoisotopic (exact) mass is 578 g/mol. The fourth-order valence-corrected chi connectivity index (χ4v) is 4.18. The fraction of sp³-hybridized carbons (Fsp3) is 0.281. The molecular formula is C32H34Cl2Zr. The predicted octanol–water partition coefficient (Wildman–Crippen LogP) is 3.15. The van der Waals surface area contributed by atoms with Crippen LogP contribution in [0.15, 0.2) is 84.9 Å². The predicted molar refractivity (Wildman–Crippen MR) is 141 cm³/mol. The van der Waals surface area contributed by atoms with Gasteiger partial charge in [-0.25, -0.2) is 6.08 Å². The van der Waals surface area contributed by atoms with Crippen LogP contribution in [0.4, 0.5) is 0 Å². The van der Waals surface area contributed by atoms with Gasteiger partial charge in [0.1, 0.15) is 0 Å². The normalized spacial score (nSPS) is 12.7. The van der Waals surface area contributed by atoms with Crippen molar-refractivity contribution < 1.29 is 51.0 Å². The molecule has 0 saturated heterocycles. The van der Waals surface area contributed by atoms with E-state index >= 15 is 0 Å². The average molecular weight is 581 g/mol. The molecule has 0 atom stereocenters. The Morgan fingerprint density at radius 1 is 0.686 bits per heavy atom. The summed E-state index contributed by atoms with van der Waals surface area (Å²) in [5.41, 5.74) is 5.80. The third-order valence-corrected chi connectivity index (χ3v) is 6.24. The first-order chi connectivity index (χ1) is 15.1. The van der Waals surface area contributed by atoms with Crippen LogP contribution in [0.2, 0.25) is 0 Å². The molecule has 5 rings (SSSR count). The van der Waals surface area contributed by atoms with Gasteiger partial charge in [0.2, 0.25) is 0 Å². The maximum atomic E-state index is 3.15. The molecule has 0 saturated carbocycles. The van der Waals surface area contributed by atoms with Crippen LogP contribution in [-0.4, -0.2) is 0 Å². The van der Waals surface area contributed by atoms with Crippen LogP contribution in [0.3, 0.4) is 0 Å². The van der Waals surface area contributed by atoms with E-state index < -0.39 is 0 Å². The van der Waals surface area contributed by atoms with Gasteiger partial charge in [-0.3, -0.25) is 6.08 Å². The first-order valence-corrected chi connectivity index (χ1v) is 11.6. The van der Waals surface area contributed by atoms with E-state index in [0.29, 0.717) is 0 Å². The van der Waals surface area contributed by atoms with Gasteiger partial charge in [-0.2, -0.15) is 11.6 Å². The van der Waals surface area contributed by atoms with E-state index in [2.05, 4.69) is 127 Å². The zero-order valence-electron chi connectivity index (χ0n) is 21.5. The summed E-state index contributed by atoms with van der Waals surface area (Å²) in [4.78, 5) is 0. The van der Waals surface area contributed by atoms with Crippen molar-refractivity contribution in [3.05, 3.63) is 108 Å². The third kappa shape index (κ3) is 7.48. The summed E-state index contributed by atoms with van der Waals surface area (Å²) in [5.74, 6) is 0. The van der Waals surface area contributed by atoms with E-state index in [1.54, 1.807) is 0 Å². The van der Waals surface area contributed by atoms with Crippen LogP contribution in [0.25, 0.3) is 27.1 Å². The zero-order chi connectivity index (χ0) is 22.9. The average Bonchev–Trinajstić information content (AvgIpc) is 3.40. The smallest absolute Gasteiger partial charge is 1.00 e. The number of benzene rings is 3. The Hall–Kier alpha value is -1.53. The quantitative estimate of drug-likeness (QED) is 0.304. The van der Waals surface area contributed by atoms with Gasteiger partial charge in [-0.05, 0) is 10.8 Å². The molecule has 1 aliphatic rings. The van der Waals surface area contributed by atoms with E-state index in [1.165, 1.54) is 43.8 Å². The van der Waals surface area contributed by atoms with Crippen molar-refractivity contribution in [1.82, 2.24) is 0 Å². The Morgan fingerprint density at radius 3 is 1.57 bits per heavy atom. The summed E-state index contributed by atoms with van der Waals surface area (Å²) in [6, 6.07) is 26.6. The van der Waals surface area contributed by atoms with Crippen molar-refractivity contribution in [2.24, 2.45) is 0 Å². The Bertz CT molecular complexity index is 1230. The molecule has 0 radical (unpaired) electrons. The van der Waals surface area contributed by atoms with E-state index in [9.17, 15) is 0 Å². The van der Waals surface area contributed by atoms with Crippen LogP contribution in [0.1, 0.15) is 64.7 Å². The molecule has 4 aromatic rings. The van der Waals surface area contributed by atoms with Crippen LogP contribution in [0, 0.1) is 6.08 Å². The van der Waals surface area contributed by atoms with Gasteiger partial charge in [-0.1, -0.05) is 107 Å². The van der Waals surface area contributed by atoms with Crippen molar-refractivity contribution in [2.75, 3.05) is 0 Å². The summed E-state index contributed by atoms with van der Waals surface area (Å²) in [7, 11) is 0. The molecule has 0 amide bonds. The zero-order valence-corrected chi connectivity index (χ0v) is 25.5. The topological polar surface area (TPSA) is 0 Å². The van der Waals surface area contributed by atoms with Crippen molar-refractivity contribution in [3.8, 4) is 0 Å². The molecular weight excluding hydrogens is 546 g/mol. The van der Waals surface area contributed by atoms with Crippen LogP contribution >= 0.6 is 0 Å². The summed E-state index contributed by atoms with van der Waals surface area (Å²) >= 11 is 0. The summed E-state index contributed by atoms with van der Waals surface area (Å²) < 4.78 is 0. The molecule has 0 aliphatic heterocycles. The van der Waals surface area contributed by atoms with E-state index in [4.69, 9.17) is 0 Å². The second kappa shape index (κ2) is 12.6. The minimum Gasteiger partial charge on any atom is -1.00 e. The molecule has 0 nitrogen and oxygen atoms in total. The summed E-state index contributed by atoms with van der Waals surface area (Å²) in [6.07, 6.45) is 8.36. The number of rotatable bonds is 1. The van der Waals surface area contributed by atoms with Crippen LogP contribution in [0.5, 0.6) is 0 Å². The minimum atomic E-state index is 0. The largest absolute Gasteiger partial charge is 4.00 e. The van der Waals surface area contributed by atoms with Gasteiger partial charge in [0.05, 0.1) is 0 Å². The third-order valence-electron chi connectivity index (χ3n) is 6.24. The number of halogens is 2. The van der Waals surface area contributed by atoms with Gasteiger partial charge in [0.15, 0.2) is 0 Å². The van der Waals surface area contributed by atoms with Crippen LogP contribution in [-0.2, 0) is 37.0 Å². The molecule has 4 aromatic carbocycles. The molecule has 0 N–H and O–H groups in total. The molecule has 0 unspecified atom stereocenters. The van der Waals surface area contributed by atoms with E-state index in [0.717, 1.165) is 6.42 Å². The maximum Gasteiger partial charge on any atom is 4.00 e. The maximum absolute atomic E-state index is 3.15.